The predicted molar refractivity (Wildman–Crippen MR) is 54.6 cm³/mol. The van der Waals surface area contributed by atoms with Crippen molar-refractivity contribution in [2.75, 3.05) is 0 Å². The monoisotopic (exact) mass is 159 g/mol. The zero-order valence-corrected chi connectivity index (χ0v) is 7.70. The number of rotatable bonds is 3. The molecule has 0 atom stereocenters. The summed E-state index contributed by atoms with van der Waals surface area (Å²) in [5.41, 5.74) is 1.26. The topological polar surface area (TPSA) is 0 Å². The molecule has 0 heteroatoms. The molecule has 0 fully saturated rings. The van der Waals surface area contributed by atoms with Gasteiger partial charge in [-0.3, -0.25) is 0 Å². The Hall–Kier alpha value is -1.04. The van der Waals surface area contributed by atoms with E-state index in [0.29, 0.717) is 5.92 Å². The van der Waals surface area contributed by atoms with Gasteiger partial charge >= 0.3 is 0 Å². The van der Waals surface area contributed by atoms with E-state index < -0.39 is 0 Å². The standard InChI is InChI=1S/C12H15/c1-11(2)7-6-10-12-8-4-3-5-9-12/h3-11H,1-2H3/b10-6+. The highest BCUT2D eigenvalue weighted by Crippen LogP contribution is 2.04. The highest BCUT2D eigenvalue weighted by atomic mass is 13.9. The van der Waals surface area contributed by atoms with Gasteiger partial charge in [-0.15, -0.1) is 0 Å². The normalized spacial score (nSPS) is 11.2. The molecule has 1 aromatic rings. The summed E-state index contributed by atoms with van der Waals surface area (Å²) in [6.45, 7) is 4.35. The van der Waals surface area contributed by atoms with Gasteiger partial charge in [0.25, 0.3) is 0 Å². The first-order valence-electron chi connectivity index (χ1n) is 4.35. The Kier molecular flexibility index (Phi) is 3.59. The first-order valence-corrected chi connectivity index (χ1v) is 4.35. The molecule has 0 heterocycles. The highest BCUT2D eigenvalue weighted by molar-refractivity contribution is 5.49. The van der Waals surface area contributed by atoms with Crippen molar-refractivity contribution in [3.63, 3.8) is 0 Å². The third kappa shape index (κ3) is 3.38. The third-order valence-corrected chi connectivity index (χ3v) is 1.58. The first-order chi connectivity index (χ1) is 5.79. The largest absolute Gasteiger partial charge is 0.0800 e. The highest BCUT2D eigenvalue weighted by Gasteiger charge is 1.87. The van der Waals surface area contributed by atoms with Crippen molar-refractivity contribution in [1.82, 2.24) is 0 Å². The maximum absolute atomic E-state index is 2.19. The van der Waals surface area contributed by atoms with E-state index in [2.05, 4.69) is 56.7 Å². The molecule has 0 bridgehead atoms. The van der Waals surface area contributed by atoms with Gasteiger partial charge in [-0.2, -0.15) is 0 Å². The Labute approximate surface area is 74.9 Å². The molecule has 0 N–H and O–H groups in total. The second-order valence-electron chi connectivity index (χ2n) is 3.21. The molecule has 12 heavy (non-hydrogen) atoms. The van der Waals surface area contributed by atoms with Gasteiger partial charge in [0.05, 0.1) is 0 Å². The van der Waals surface area contributed by atoms with E-state index in [1.165, 1.54) is 5.56 Å². The molecule has 0 saturated heterocycles. The smallest absolute Gasteiger partial charge is 0.0142 e. The van der Waals surface area contributed by atoms with Crippen LogP contribution in [0, 0.1) is 12.3 Å². The Morgan fingerprint density at radius 1 is 1.08 bits per heavy atom. The molecule has 1 radical (unpaired) electrons. The van der Waals surface area contributed by atoms with Crippen molar-refractivity contribution in [3.05, 3.63) is 48.4 Å². The van der Waals surface area contributed by atoms with E-state index in [9.17, 15) is 0 Å². The van der Waals surface area contributed by atoms with Crippen LogP contribution in [0.4, 0.5) is 0 Å². The van der Waals surface area contributed by atoms with Crippen LogP contribution in [-0.4, -0.2) is 0 Å². The second kappa shape index (κ2) is 4.76. The average Bonchev–Trinajstić information content (AvgIpc) is 2.05. The first kappa shape index (κ1) is 9.05. The minimum Gasteiger partial charge on any atom is -0.0800 e. The van der Waals surface area contributed by atoms with Crippen LogP contribution in [0.3, 0.4) is 0 Å². The van der Waals surface area contributed by atoms with Crippen molar-refractivity contribution in [1.29, 1.82) is 0 Å². The molecule has 1 aromatic carbocycles. The summed E-state index contributed by atoms with van der Waals surface area (Å²) in [5.74, 6) is 0.630. The lowest BCUT2D eigenvalue weighted by molar-refractivity contribution is 0.786. The molecule has 0 saturated carbocycles. The van der Waals surface area contributed by atoms with Gasteiger partial charge in [0.1, 0.15) is 0 Å². The Morgan fingerprint density at radius 3 is 2.33 bits per heavy atom. The lowest BCUT2D eigenvalue weighted by Crippen LogP contribution is -1.82. The van der Waals surface area contributed by atoms with Crippen LogP contribution in [0.15, 0.2) is 36.4 Å². The van der Waals surface area contributed by atoms with Crippen LogP contribution in [0.2, 0.25) is 0 Å². The van der Waals surface area contributed by atoms with E-state index >= 15 is 0 Å². The summed E-state index contributed by atoms with van der Waals surface area (Å²) in [7, 11) is 0. The molecule has 0 aliphatic rings. The van der Waals surface area contributed by atoms with Crippen molar-refractivity contribution in [2.45, 2.75) is 13.8 Å². The molecule has 0 aromatic heterocycles. The van der Waals surface area contributed by atoms with E-state index in [0.717, 1.165) is 0 Å². The van der Waals surface area contributed by atoms with Gasteiger partial charge in [0.15, 0.2) is 0 Å². The SMILES string of the molecule is CC(C)[CH]/C=C/c1ccccc1. The van der Waals surface area contributed by atoms with Gasteiger partial charge in [-0.25, -0.2) is 0 Å². The summed E-state index contributed by atoms with van der Waals surface area (Å²) in [5, 5.41) is 0. The fourth-order valence-corrected chi connectivity index (χ4v) is 0.953. The maximum atomic E-state index is 2.19. The van der Waals surface area contributed by atoms with Gasteiger partial charge in [0, 0.05) is 0 Å². The number of benzene rings is 1. The van der Waals surface area contributed by atoms with Crippen LogP contribution in [0.1, 0.15) is 19.4 Å². The summed E-state index contributed by atoms with van der Waals surface area (Å²) >= 11 is 0. The van der Waals surface area contributed by atoms with E-state index in [1.807, 2.05) is 6.07 Å². The quantitative estimate of drug-likeness (QED) is 0.632. The molecule has 0 nitrogen and oxygen atoms in total. The minimum absolute atomic E-state index is 0.630. The van der Waals surface area contributed by atoms with Crippen LogP contribution in [0.25, 0.3) is 6.08 Å². The maximum Gasteiger partial charge on any atom is -0.0142 e. The van der Waals surface area contributed by atoms with Crippen LogP contribution in [-0.2, 0) is 0 Å². The lowest BCUT2D eigenvalue weighted by atomic mass is 10.1. The third-order valence-electron chi connectivity index (χ3n) is 1.58. The Balaban J connectivity index is 2.47. The fraction of sp³-hybridized carbons (Fsp3) is 0.250. The molecule has 1 rings (SSSR count). The van der Waals surface area contributed by atoms with Crippen LogP contribution >= 0.6 is 0 Å². The Bertz CT molecular complexity index is 231. The van der Waals surface area contributed by atoms with Crippen molar-refractivity contribution in [2.24, 2.45) is 5.92 Å². The van der Waals surface area contributed by atoms with Crippen molar-refractivity contribution < 1.29 is 0 Å². The van der Waals surface area contributed by atoms with Crippen LogP contribution < -0.4 is 0 Å². The summed E-state index contributed by atoms with van der Waals surface area (Å²) < 4.78 is 0. The molecule has 0 unspecified atom stereocenters. The molecular formula is C12H15. The number of hydrogen-bond acceptors (Lipinski definition) is 0. The number of allylic oxidation sites excluding steroid dienone is 1. The summed E-state index contributed by atoms with van der Waals surface area (Å²) in [4.78, 5) is 0. The van der Waals surface area contributed by atoms with Gasteiger partial charge in [-0.05, 0) is 17.9 Å². The molecule has 0 spiro atoms. The van der Waals surface area contributed by atoms with Crippen molar-refractivity contribution in [3.8, 4) is 0 Å². The van der Waals surface area contributed by atoms with Gasteiger partial charge in [0.2, 0.25) is 0 Å². The van der Waals surface area contributed by atoms with E-state index in [1.54, 1.807) is 0 Å². The van der Waals surface area contributed by atoms with Crippen LogP contribution in [0.5, 0.6) is 0 Å². The fourth-order valence-electron chi connectivity index (χ4n) is 0.953. The van der Waals surface area contributed by atoms with E-state index in [4.69, 9.17) is 0 Å². The molecule has 0 aliphatic heterocycles. The average molecular weight is 159 g/mol. The number of hydrogen-bond donors (Lipinski definition) is 0. The molecular weight excluding hydrogens is 144 g/mol. The van der Waals surface area contributed by atoms with Gasteiger partial charge < -0.3 is 0 Å². The summed E-state index contributed by atoms with van der Waals surface area (Å²) in [6, 6.07) is 10.3. The predicted octanol–water partition coefficient (Wildman–Crippen LogP) is 3.56. The second-order valence-corrected chi connectivity index (χ2v) is 3.21. The van der Waals surface area contributed by atoms with Gasteiger partial charge in [-0.1, -0.05) is 56.3 Å². The molecule has 0 amide bonds. The summed E-state index contributed by atoms with van der Waals surface area (Å²) in [6.07, 6.45) is 6.42. The van der Waals surface area contributed by atoms with E-state index in [-0.39, 0.29) is 0 Å². The molecule has 0 aliphatic carbocycles. The Morgan fingerprint density at radius 2 is 1.75 bits per heavy atom. The molecule has 63 valence electrons. The lowest BCUT2D eigenvalue weighted by Gasteiger charge is -1.96. The van der Waals surface area contributed by atoms with Crippen molar-refractivity contribution >= 4 is 6.08 Å². The zero-order valence-electron chi connectivity index (χ0n) is 7.70. The minimum atomic E-state index is 0.630. The zero-order chi connectivity index (χ0) is 8.81.